The Morgan fingerprint density at radius 1 is 1.08 bits per heavy atom. The molecule has 0 aromatic carbocycles. The van der Waals surface area contributed by atoms with Crippen LogP contribution in [-0.2, 0) is 0 Å². The van der Waals surface area contributed by atoms with Crippen LogP contribution in [0.5, 0.6) is 0 Å². The fourth-order valence-electron chi connectivity index (χ4n) is 0.857. The van der Waals surface area contributed by atoms with Crippen molar-refractivity contribution in [2.24, 2.45) is 0 Å². The highest BCUT2D eigenvalue weighted by Crippen LogP contribution is 2.41. The smallest absolute Gasteiger partial charge is 0.0709 e. The van der Waals surface area contributed by atoms with Gasteiger partial charge >= 0.3 is 0 Å². The molecule has 0 aliphatic rings. The maximum Gasteiger partial charge on any atom is 0.0709 e. The lowest BCUT2D eigenvalue weighted by atomic mass is 10.5. The van der Waals surface area contributed by atoms with Gasteiger partial charge in [0.1, 0.15) is 0 Å². The lowest BCUT2D eigenvalue weighted by molar-refractivity contribution is 1.43. The molecule has 0 N–H and O–H groups in total. The van der Waals surface area contributed by atoms with E-state index < -0.39 is 0 Å². The first-order valence-corrected chi connectivity index (χ1v) is 7.69. The highest BCUT2D eigenvalue weighted by molar-refractivity contribution is 8.77. The van der Waals surface area contributed by atoms with E-state index in [-0.39, 0.29) is 0 Å². The minimum absolute atomic E-state index is 1.37. The van der Waals surface area contributed by atoms with Gasteiger partial charge in [-0.25, -0.2) is 0 Å². The van der Waals surface area contributed by atoms with E-state index in [1.807, 2.05) is 32.9 Å². The van der Waals surface area contributed by atoms with Crippen LogP contribution in [0.1, 0.15) is 4.88 Å². The van der Waals surface area contributed by atoms with Crippen molar-refractivity contribution in [3.8, 4) is 0 Å². The number of rotatable bonds is 3. The van der Waals surface area contributed by atoms with E-state index >= 15 is 0 Å². The maximum atomic E-state index is 2.19. The topological polar surface area (TPSA) is 0 Å². The summed E-state index contributed by atoms with van der Waals surface area (Å²) >= 11 is 3.61. The van der Waals surface area contributed by atoms with Gasteiger partial charge in [-0.05, 0) is 40.6 Å². The number of thiophene rings is 2. The standard InChI is InChI=1S/C9H8S4/c1-7-8(4-6-10-7)12-13-9-3-2-5-11-9/h2-6H,1H3. The zero-order chi connectivity index (χ0) is 9.10. The average Bonchev–Trinajstić information content (AvgIpc) is 2.72. The molecule has 2 aromatic heterocycles. The van der Waals surface area contributed by atoms with E-state index in [1.54, 1.807) is 11.3 Å². The van der Waals surface area contributed by atoms with Gasteiger partial charge in [0.15, 0.2) is 0 Å². The summed E-state index contributed by atoms with van der Waals surface area (Å²) < 4.78 is 1.37. The van der Waals surface area contributed by atoms with Crippen LogP contribution in [0.25, 0.3) is 0 Å². The summed E-state index contributed by atoms with van der Waals surface area (Å²) in [5.74, 6) is 0. The highest BCUT2D eigenvalue weighted by atomic mass is 33.1. The van der Waals surface area contributed by atoms with E-state index in [9.17, 15) is 0 Å². The number of aryl methyl sites for hydroxylation is 1. The summed E-state index contributed by atoms with van der Waals surface area (Å²) in [6.45, 7) is 2.17. The van der Waals surface area contributed by atoms with Crippen molar-refractivity contribution in [1.29, 1.82) is 0 Å². The molecule has 4 heteroatoms. The van der Waals surface area contributed by atoms with Crippen LogP contribution in [0.2, 0.25) is 0 Å². The van der Waals surface area contributed by atoms with E-state index in [2.05, 4.69) is 35.9 Å². The van der Waals surface area contributed by atoms with Gasteiger partial charge in [-0.15, -0.1) is 22.7 Å². The Labute approximate surface area is 93.8 Å². The third-order valence-electron chi connectivity index (χ3n) is 1.52. The summed E-state index contributed by atoms with van der Waals surface area (Å²) in [5.41, 5.74) is 0. The predicted molar refractivity (Wildman–Crippen MR) is 65.1 cm³/mol. The van der Waals surface area contributed by atoms with Gasteiger partial charge in [-0.1, -0.05) is 16.9 Å². The Balaban J connectivity index is 1.97. The molecule has 0 saturated heterocycles. The zero-order valence-corrected chi connectivity index (χ0v) is 10.3. The Kier molecular flexibility index (Phi) is 3.38. The first kappa shape index (κ1) is 9.65. The van der Waals surface area contributed by atoms with Crippen LogP contribution in [0.15, 0.2) is 38.1 Å². The van der Waals surface area contributed by atoms with Crippen molar-refractivity contribution in [3.63, 3.8) is 0 Å². The highest BCUT2D eigenvalue weighted by Gasteiger charge is 2.01. The second kappa shape index (κ2) is 4.55. The van der Waals surface area contributed by atoms with E-state index in [0.29, 0.717) is 0 Å². The van der Waals surface area contributed by atoms with Gasteiger partial charge in [0.05, 0.1) is 4.21 Å². The summed E-state index contributed by atoms with van der Waals surface area (Å²) in [6, 6.07) is 6.43. The van der Waals surface area contributed by atoms with Gasteiger partial charge in [0.25, 0.3) is 0 Å². The van der Waals surface area contributed by atoms with Crippen molar-refractivity contribution in [2.75, 3.05) is 0 Å². The molecule has 0 nitrogen and oxygen atoms in total. The van der Waals surface area contributed by atoms with Gasteiger partial charge in [-0.2, -0.15) is 0 Å². The fraction of sp³-hybridized carbons (Fsp3) is 0.111. The lowest BCUT2D eigenvalue weighted by Crippen LogP contribution is -1.62. The Bertz CT molecular complexity index is 361. The molecule has 2 heterocycles. The molecule has 68 valence electrons. The molecule has 0 aliphatic carbocycles. The van der Waals surface area contributed by atoms with Gasteiger partial charge < -0.3 is 0 Å². The molecule has 2 rings (SSSR count). The lowest BCUT2D eigenvalue weighted by Gasteiger charge is -1.95. The summed E-state index contributed by atoms with van der Waals surface area (Å²) in [5, 5.41) is 4.26. The van der Waals surface area contributed by atoms with Crippen LogP contribution in [0.4, 0.5) is 0 Å². The largest absolute Gasteiger partial charge is 0.148 e. The molecule has 0 atom stereocenters. The molecule has 0 amide bonds. The molecule has 0 spiro atoms. The van der Waals surface area contributed by atoms with Crippen molar-refractivity contribution in [3.05, 3.63) is 33.8 Å². The molecule has 0 bridgehead atoms. The molecule has 0 saturated carbocycles. The number of hydrogen-bond donors (Lipinski definition) is 0. The second-order valence-electron chi connectivity index (χ2n) is 2.44. The SMILES string of the molecule is Cc1sccc1SSc1cccs1. The van der Waals surface area contributed by atoms with Crippen LogP contribution in [0, 0.1) is 6.92 Å². The first-order chi connectivity index (χ1) is 6.36. The fourth-order valence-corrected chi connectivity index (χ4v) is 5.17. The van der Waals surface area contributed by atoms with Gasteiger partial charge in [0.2, 0.25) is 0 Å². The Morgan fingerprint density at radius 3 is 2.62 bits per heavy atom. The van der Waals surface area contributed by atoms with Crippen molar-refractivity contribution >= 4 is 44.3 Å². The van der Waals surface area contributed by atoms with E-state index in [0.717, 1.165) is 0 Å². The van der Waals surface area contributed by atoms with Crippen LogP contribution < -0.4 is 0 Å². The minimum Gasteiger partial charge on any atom is -0.148 e. The van der Waals surface area contributed by atoms with Crippen molar-refractivity contribution in [2.45, 2.75) is 16.0 Å². The van der Waals surface area contributed by atoms with E-state index in [1.165, 1.54) is 14.0 Å². The molecule has 2 aromatic rings. The average molecular weight is 244 g/mol. The minimum atomic E-state index is 1.37. The zero-order valence-electron chi connectivity index (χ0n) is 7.02. The Hall–Kier alpha value is 0.1000. The number of hydrogen-bond acceptors (Lipinski definition) is 4. The molecule has 0 fully saturated rings. The second-order valence-corrected chi connectivity index (χ2v) is 6.98. The molecule has 0 aliphatic heterocycles. The molecule has 0 unspecified atom stereocenters. The van der Waals surface area contributed by atoms with Crippen molar-refractivity contribution in [1.82, 2.24) is 0 Å². The summed E-state index contributed by atoms with van der Waals surface area (Å²) in [7, 11) is 3.69. The third-order valence-corrected chi connectivity index (χ3v) is 6.34. The Morgan fingerprint density at radius 2 is 2.00 bits per heavy atom. The van der Waals surface area contributed by atoms with E-state index in [4.69, 9.17) is 0 Å². The van der Waals surface area contributed by atoms with Crippen LogP contribution in [0.3, 0.4) is 0 Å². The summed E-state index contributed by atoms with van der Waals surface area (Å²) in [4.78, 5) is 2.80. The quantitative estimate of drug-likeness (QED) is 0.703. The molecule has 13 heavy (non-hydrogen) atoms. The van der Waals surface area contributed by atoms with Crippen LogP contribution >= 0.6 is 44.3 Å². The van der Waals surface area contributed by atoms with Crippen LogP contribution in [-0.4, -0.2) is 0 Å². The maximum absolute atomic E-state index is 2.19. The summed E-state index contributed by atoms with van der Waals surface area (Å²) in [6.07, 6.45) is 0. The first-order valence-electron chi connectivity index (χ1n) is 3.78. The van der Waals surface area contributed by atoms with Gasteiger partial charge in [0, 0.05) is 9.77 Å². The predicted octanol–water partition coefficient (Wildman–Crippen LogP) is 4.92. The molecular weight excluding hydrogens is 236 g/mol. The third kappa shape index (κ3) is 2.53. The molecule has 0 radical (unpaired) electrons. The monoisotopic (exact) mass is 244 g/mol. The molecular formula is C9H8S4. The van der Waals surface area contributed by atoms with Gasteiger partial charge in [-0.3, -0.25) is 0 Å². The van der Waals surface area contributed by atoms with Crippen molar-refractivity contribution < 1.29 is 0 Å². The normalized spacial score (nSPS) is 10.5.